The molecule has 0 radical (unpaired) electrons. The average Bonchev–Trinajstić information content (AvgIpc) is 2.57. The fraction of sp³-hybridized carbons (Fsp3) is 0.600. The normalized spacial score (nSPS) is 20.8. The van der Waals surface area contributed by atoms with Crippen molar-refractivity contribution in [3.8, 4) is 0 Å². The van der Waals surface area contributed by atoms with Gasteiger partial charge in [0, 0.05) is 25.0 Å². The lowest BCUT2D eigenvalue weighted by molar-refractivity contribution is 0.565. The molecule has 2 rings (SSSR count). The topological polar surface area (TPSA) is 27.8 Å². The Kier molecular flexibility index (Phi) is 3.35. The van der Waals surface area contributed by atoms with Gasteiger partial charge in [-0.05, 0) is 17.5 Å². The molecule has 0 amide bonds. The van der Waals surface area contributed by atoms with Gasteiger partial charge in [-0.2, -0.15) is 0 Å². The van der Waals surface area contributed by atoms with Crippen LogP contribution in [0.15, 0.2) is 12.3 Å². The Morgan fingerprint density at radius 3 is 2.83 bits per heavy atom. The molecule has 2 N–H and O–H groups in total. The van der Waals surface area contributed by atoms with Crippen molar-refractivity contribution in [1.82, 2.24) is 10.3 Å². The first kappa shape index (κ1) is 9.33. The molecule has 0 aromatic carbocycles. The van der Waals surface area contributed by atoms with Crippen LogP contribution in [-0.4, -0.2) is 11.5 Å². The van der Waals surface area contributed by atoms with E-state index in [1.54, 1.807) is 0 Å². The average molecular weight is 166 g/mol. The number of rotatable bonds is 0. The van der Waals surface area contributed by atoms with E-state index in [9.17, 15) is 0 Å². The van der Waals surface area contributed by atoms with Crippen LogP contribution in [0.4, 0.5) is 0 Å². The lowest BCUT2D eigenvalue weighted by Gasteiger charge is -2.19. The maximum absolute atomic E-state index is 3.35. The van der Waals surface area contributed by atoms with E-state index in [1.165, 1.54) is 11.3 Å². The zero-order valence-corrected chi connectivity index (χ0v) is 8.15. The van der Waals surface area contributed by atoms with Crippen molar-refractivity contribution in [1.29, 1.82) is 0 Å². The lowest BCUT2D eigenvalue weighted by atomic mass is 9.98. The molecule has 2 heteroatoms. The summed E-state index contributed by atoms with van der Waals surface area (Å²) >= 11 is 0. The molecule has 0 saturated carbocycles. The van der Waals surface area contributed by atoms with Gasteiger partial charge in [0.05, 0.1) is 0 Å². The van der Waals surface area contributed by atoms with Crippen molar-refractivity contribution in [2.45, 2.75) is 33.2 Å². The summed E-state index contributed by atoms with van der Waals surface area (Å²) in [6, 6.07) is 2.18. The highest BCUT2D eigenvalue weighted by Crippen LogP contribution is 2.21. The Morgan fingerprint density at radius 1 is 1.42 bits per heavy atom. The molecule has 1 aromatic rings. The fourth-order valence-corrected chi connectivity index (χ4v) is 1.55. The molecule has 0 bridgehead atoms. The van der Waals surface area contributed by atoms with Gasteiger partial charge in [0.2, 0.25) is 0 Å². The summed E-state index contributed by atoms with van der Waals surface area (Å²) in [6.45, 7) is 8.37. The van der Waals surface area contributed by atoms with Gasteiger partial charge in [-0.15, -0.1) is 0 Å². The number of aromatic nitrogens is 1. The van der Waals surface area contributed by atoms with E-state index in [1.807, 2.05) is 20.0 Å². The molecule has 1 atom stereocenters. The molecule has 1 aliphatic rings. The van der Waals surface area contributed by atoms with Gasteiger partial charge >= 0.3 is 0 Å². The predicted octanol–water partition coefficient (Wildman–Crippen LogP) is 2.25. The Bertz CT molecular complexity index is 227. The summed E-state index contributed by atoms with van der Waals surface area (Å²) in [5, 5.41) is 3.35. The molecule has 0 fully saturated rings. The standard InChI is InChI=1S/C8H12N2.C2H6/c1-6-4-9-5-8-7(6)2-3-10-8;1-2/h2-3,6,9-10H,4-5H2,1H3;1-2H3. The van der Waals surface area contributed by atoms with Crippen LogP contribution in [0.3, 0.4) is 0 Å². The van der Waals surface area contributed by atoms with Crippen LogP contribution in [0.5, 0.6) is 0 Å². The summed E-state index contributed by atoms with van der Waals surface area (Å²) in [5.74, 6) is 0.676. The van der Waals surface area contributed by atoms with Crippen molar-refractivity contribution < 1.29 is 0 Å². The maximum Gasteiger partial charge on any atom is 0.0360 e. The lowest BCUT2D eigenvalue weighted by Crippen LogP contribution is -2.25. The van der Waals surface area contributed by atoms with Crippen LogP contribution in [0, 0.1) is 0 Å². The van der Waals surface area contributed by atoms with Gasteiger partial charge in [0.15, 0.2) is 0 Å². The molecule has 2 nitrogen and oxygen atoms in total. The van der Waals surface area contributed by atoms with E-state index in [0.717, 1.165) is 13.1 Å². The Labute approximate surface area is 74.4 Å². The van der Waals surface area contributed by atoms with Crippen molar-refractivity contribution in [2.75, 3.05) is 6.54 Å². The Morgan fingerprint density at radius 2 is 2.17 bits per heavy atom. The summed E-state index contributed by atoms with van der Waals surface area (Å²) in [7, 11) is 0. The van der Waals surface area contributed by atoms with E-state index < -0.39 is 0 Å². The molecule has 68 valence electrons. The van der Waals surface area contributed by atoms with E-state index in [-0.39, 0.29) is 0 Å². The second-order valence-corrected chi connectivity index (χ2v) is 2.94. The first-order valence-electron chi connectivity index (χ1n) is 4.75. The molecule has 2 heterocycles. The molecule has 0 aliphatic carbocycles. The van der Waals surface area contributed by atoms with Crippen LogP contribution in [0.2, 0.25) is 0 Å². The third kappa shape index (κ3) is 1.69. The third-order valence-corrected chi connectivity index (χ3v) is 2.15. The molecular formula is C10H18N2. The summed E-state index contributed by atoms with van der Waals surface area (Å²) < 4.78 is 0. The molecule has 1 aromatic heterocycles. The minimum Gasteiger partial charge on any atom is -0.364 e. The van der Waals surface area contributed by atoms with Crippen LogP contribution in [-0.2, 0) is 6.54 Å². The second kappa shape index (κ2) is 4.31. The monoisotopic (exact) mass is 166 g/mol. The Hall–Kier alpha value is -0.760. The van der Waals surface area contributed by atoms with E-state index >= 15 is 0 Å². The van der Waals surface area contributed by atoms with E-state index in [4.69, 9.17) is 0 Å². The first-order valence-corrected chi connectivity index (χ1v) is 4.75. The summed E-state index contributed by atoms with van der Waals surface area (Å²) in [4.78, 5) is 3.23. The van der Waals surface area contributed by atoms with E-state index in [2.05, 4.69) is 23.3 Å². The van der Waals surface area contributed by atoms with Crippen LogP contribution in [0.25, 0.3) is 0 Å². The second-order valence-electron chi connectivity index (χ2n) is 2.94. The molecule has 12 heavy (non-hydrogen) atoms. The minimum atomic E-state index is 0.676. The van der Waals surface area contributed by atoms with Crippen molar-refractivity contribution >= 4 is 0 Å². The van der Waals surface area contributed by atoms with Gasteiger partial charge in [-0.25, -0.2) is 0 Å². The molecule has 0 spiro atoms. The first-order chi connectivity index (χ1) is 5.88. The van der Waals surface area contributed by atoms with Crippen LogP contribution in [0.1, 0.15) is 37.9 Å². The third-order valence-electron chi connectivity index (χ3n) is 2.15. The van der Waals surface area contributed by atoms with Crippen molar-refractivity contribution in [3.63, 3.8) is 0 Å². The molecular weight excluding hydrogens is 148 g/mol. The van der Waals surface area contributed by atoms with E-state index in [0.29, 0.717) is 5.92 Å². The highest BCUT2D eigenvalue weighted by molar-refractivity contribution is 5.26. The quantitative estimate of drug-likeness (QED) is 0.608. The van der Waals surface area contributed by atoms with Gasteiger partial charge in [-0.3, -0.25) is 0 Å². The highest BCUT2D eigenvalue weighted by Gasteiger charge is 2.15. The van der Waals surface area contributed by atoms with Crippen LogP contribution >= 0.6 is 0 Å². The smallest absolute Gasteiger partial charge is 0.0360 e. The van der Waals surface area contributed by atoms with Crippen molar-refractivity contribution in [3.05, 3.63) is 23.5 Å². The molecule has 1 unspecified atom stereocenters. The van der Waals surface area contributed by atoms with Gasteiger partial charge in [0.1, 0.15) is 0 Å². The van der Waals surface area contributed by atoms with Crippen molar-refractivity contribution in [2.24, 2.45) is 0 Å². The van der Waals surface area contributed by atoms with Gasteiger partial charge in [-0.1, -0.05) is 20.8 Å². The zero-order valence-electron chi connectivity index (χ0n) is 8.15. The molecule has 1 aliphatic heterocycles. The SMILES string of the molecule is CC.CC1CNCc2[nH]ccc21. The Balaban J connectivity index is 0.000000336. The summed E-state index contributed by atoms with van der Waals surface area (Å²) in [6.07, 6.45) is 2.02. The fourth-order valence-electron chi connectivity index (χ4n) is 1.55. The number of H-pyrrole nitrogens is 1. The largest absolute Gasteiger partial charge is 0.364 e. The number of aromatic amines is 1. The predicted molar refractivity (Wildman–Crippen MR) is 52.3 cm³/mol. The van der Waals surface area contributed by atoms with Gasteiger partial charge < -0.3 is 10.3 Å². The summed E-state index contributed by atoms with van der Waals surface area (Å²) in [5.41, 5.74) is 2.84. The molecule has 0 saturated heterocycles. The van der Waals surface area contributed by atoms with Gasteiger partial charge in [0.25, 0.3) is 0 Å². The highest BCUT2D eigenvalue weighted by atomic mass is 14.9. The number of hydrogen-bond donors (Lipinski definition) is 2. The number of hydrogen-bond acceptors (Lipinski definition) is 1. The minimum absolute atomic E-state index is 0.676. The maximum atomic E-state index is 3.35. The number of nitrogens with one attached hydrogen (secondary N) is 2. The number of fused-ring (bicyclic) bond motifs is 1. The zero-order chi connectivity index (χ0) is 8.97. The van der Waals surface area contributed by atoms with Crippen LogP contribution < -0.4 is 5.32 Å².